The van der Waals surface area contributed by atoms with E-state index in [2.05, 4.69) is 5.87 Å². The molecule has 1 atom stereocenters. The van der Waals surface area contributed by atoms with Crippen LogP contribution in [0.2, 0.25) is 0 Å². The van der Waals surface area contributed by atoms with Gasteiger partial charge in [-0.15, -0.1) is 0 Å². The van der Waals surface area contributed by atoms with Gasteiger partial charge in [0, 0.05) is 15.0 Å². The zero-order valence-electron chi connectivity index (χ0n) is 4.68. The molecule has 0 fully saturated rings. The minimum atomic E-state index is -2.24. The maximum absolute atomic E-state index is 10.6. The fourth-order valence-corrected chi connectivity index (χ4v) is 0. The van der Waals surface area contributed by atoms with Gasteiger partial charge in [-0.1, -0.05) is 13.8 Å². The first-order valence-corrected chi connectivity index (χ1v) is 3.93. The second kappa shape index (κ2) is 1.84. The molecule has 0 radical (unpaired) electrons. The summed E-state index contributed by atoms with van der Waals surface area (Å²) in [4.78, 5) is 0. The maximum atomic E-state index is 10.6. The summed E-state index contributed by atoms with van der Waals surface area (Å²) in [6, 6.07) is 0. The van der Waals surface area contributed by atoms with Gasteiger partial charge in [-0.25, -0.2) is 0 Å². The van der Waals surface area contributed by atoms with E-state index in [0.29, 0.717) is 0 Å². The van der Waals surface area contributed by atoms with Crippen molar-refractivity contribution in [2.75, 3.05) is 0 Å². The molecule has 2 nitrogen and oxygen atoms in total. The molecule has 0 aliphatic rings. The van der Waals surface area contributed by atoms with Crippen molar-refractivity contribution >= 4 is 15.6 Å². The van der Waals surface area contributed by atoms with E-state index in [1.165, 1.54) is 0 Å². The van der Waals surface area contributed by atoms with Crippen molar-refractivity contribution < 1.29 is 4.21 Å². The fraction of sp³-hybridized carbons (Fsp3) is 0.750. The fourth-order valence-electron chi connectivity index (χ4n) is 0. The van der Waals surface area contributed by atoms with E-state index in [4.69, 9.17) is 5.14 Å². The Labute approximate surface area is 44.9 Å². The molecular formula is C4H11NOS. The van der Waals surface area contributed by atoms with Crippen molar-refractivity contribution in [3.8, 4) is 0 Å². The lowest BCUT2D eigenvalue weighted by Crippen LogP contribution is -2.22. The highest BCUT2D eigenvalue weighted by Gasteiger charge is 1.98. The number of hydrogen-bond acceptors (Lipinski definition) is 1. The second-order valence-electron chi connectivity index (χ2n) is 1.83. The van der Waals surface area contributed by atoms with Crippen LogP contribution in [0, 0.1) is 0 Å². The smallest absolute Gasteiger partial charge is 0.0343 e. The van der Waals surface area contributed by atoms with Crippen LogP contribution < -0.4 is 5.14 Å². The van der Waals surface area contributed by atoms with Gasteiger partial charge in [0.2, 0.25) is 0 Å². The Balaban J connectivity index is 4.10. The van der Waals surface area contributed by atoms with Crippen molar-refractivity contribution in [3.05, 3.63) is 0 Å². The molecule has 0 heterocycles. The molecule has 0 saturated heterocycles. The molecule has 0 bridgehead atoms. The molecule has 0 aromatic rings. The summed E-state index contributed by atoms with van der Waals surface area (Å²) in [7, 11) is -2.24. The topological polar surface area (TPSA) is 43.1 Å². The predicted molar refractivity (Wildman–Crippen MR) is 34.6 cm³/mol. The second-order valence-corrected chi connectivity index (χ2v) is 4.33. The lowest BCUT2D eigenvalue weighted by Gasteiger charge is -2.03. The Morgan fingerprint density at radius 2 is 1.86 bits per heavy atom. The van der Waals surface area contributed by atoms with E-state index in [9.17, 15) is 4.21 Å². The summed E-state index contributed by atoms with van der Waals surface area (Å²) in [5, 5.41) is 5.09. The van der Waals surface area contributed by atoms with Crippen LogP contribution in [0.1, 0.15) is 13.8 Å². The molecule has 0 saturated carbocycles. The average Bonchev–Trinajstić information content (AvgIpc) is 1.31. The molecule has 0 amide bonds. The van der Waals surface area contributed by atoms with Gasteiger partial charge >= 0.3 is 0 Å². The highest BCUT2D eigenvalue weighted by molar-refractivity contribution is 7.98. The average molecular weight is 121 g/mol. The largest absolute Gasteiger partial charge is 0.259 e. The maximum Gasteiger partial charge on any atom is 0.0343 e. The third-order valence-corrected chi connectivity index (χ3v) is 2.39. The lowest BCUT2D eigenvalue weighted by atomic mass is 10.6. The third-order valence-electron chi connectivity index (χ3n) is 0.798. The highest BCUT2D eigenvalue weighted by atomic mass is 32.2. The van der Waals surface area contributed by atoms with Gasteiger partial charge in [-0.05, 0) is 5.87 Å². The van der Waals surface area contributed by atoms with E-state index >= 15 is 0 Å². The van der Waals surface area contributed by atoms with Crippen LogP contribution in [0.4, 0.5) is 0 Å². The summed E-state index contributed by atoms with van der Waals surface area (Å²) in [5.41, 5.74) is 0. The molecule has 0 aliphatic heterocycles. The summed E-state index contributed by atoms with van der Waals surface area (Å²) in [6.45, 7) is 3.57. The Bertz CT molecular complexity index is 134. The van der Waals surface area contributed by atoms with Gasteiger partial charge in [0.15, 0.2) is 0 Å². The number of rotatable bonds is 1. The summed E-state index contributed by atoms with van der Waals surface area (Å²) in [5.74, 6) is 3.28. The molecular weight excluding hydrogens is 110 g/mol. The highest BCUT2D eigenvalue weighted by Crippen LogP contribution is 1.88. The lowest BCUT2D eigenvalue weighted by molar-refractivity contribution is 0.676. The summed E-state index contributed by atoms with van der Waals surface area (Å²) >= 11 is 0. The van der Waals surface area contributed by atoms with Crippen LogP contribution in [-0.2, 0) is 9.71 Å². The molecule has 1 unspecified atom stereocenters. The zero-order valence-corrected chi connectivity index (χ0v) is 5.49. The van der Waals surface area contributed by atoms with Gasteiger partial charge in [-0.2, -0.15) is 0 Å². The molecule has 0 aromatic carbocycles. The molecule has 0 aliphatic carbocycles. The molecule has 0 rings (SSSR count). The normalized spacial score (nSPS) is 19.4. The van der Waals surface area contributed by atoms with E-state index < -0.39 is 9.71 Å². The molecule has 44 valence electrons. The molecule has 2 N–H and O–H groups in total. The number of hydrogen-bond donors (Lipinski definition) is 1. The van der Waals surface area contributed by atoms with E-state index in [0.717, 1.165) is 0 Å². The minimum absolute atomic E-state index is 0.00694. The number of nitrogens with two attached hydrogens (primary N) is 1. The van der Waals surface area contributed by atoms with Crippen molar-refractivity contribution in [3.63, 3.8) is 0 Å². The standard InChI is InChI=1S/C4H11NOS/c1-4(2)7(3,5)6/h4H,3H2,1-2H3,(H2,5,6). The first kappa shape index (κ1) is 6.98. The van der Waals surface area contributed by atoms with Crippen molar-refractivity contribution in [1.82, 2.24) is 0 Å². The molecule has 0 aromatic heterocycles. The van der Waals surface area contributed by atoms with Crippen molar-refractivity contribution in [2.45, 2.75) is 19.1 Å². The van der Waals surface area contributed by atoms with Crippen molar-refractivity contribution in [2.24, 2.45) is 5.14 Å². The summed E-state index contributed by atoms with van der Waals surface area (Å²) in [6.07, 6.45) is 0. The van der Waals surface area contributed by atoms with Crippen LogP contribution in [0.15, 0.2) is 0 Å². The molecule has 7 heavy (non-hydrogen) atoms. The Hall–Kier alpha value is -0.0200. The van der Waals surface area contributed by atoms with Gasteiger partial charge < -0.3 is 0 Å². The minimum Gasteiger partial charge on any atom is -0.259 e. The Morgan fingerprint density at radius 3 is 1.86 bits per heavy atom. The van der Waals surface area contributed by atoms with Gasteiger partial charge in [-0.3, -0.25) is 9.35 Å². The van der Waals surface area contributed by atoms with Crippen LogP contribution in [0.3, 0.4) is 0 Å². The first-order chi connectivity index (χ1) is 2.94. The van der Waals surface area contributed by atoms with Gasteiger partial charge in [0.1, 0.15) is 0 Å². The predicted octanol–water partition coefficient (Wildman–Crippen LogP) is -0.0151. The third kappa shape index (κ3) is 2.65. The zero-order chi connectivity index (χ0) is 6.08. The summed E-state index contributed by atoms with van der Waals surface area (Å²) < 4.78 is 10.6. The first-order valence-electron chi connectivity index (χ1n) is 2.08. The van der Waals surface area contributed by atoms with E-state index in [1.54, 1.807) is 13.8 Å². The van der Waals surface area contributed by atoms with Crippen LogP contribution >= 0.6 is 0 Å². The quantitative estimate of drug-likeness (QED) is 0.487. The van der Waals surface area contributed by atoms with Crippen molar-refractivity contribution in [1.29, 1.82) is 0 Å². The SMILES string of the molecule is C=S(N)(=O)C(C)C. The van der Waals surface area contributed by atoms with Crippen LogP contribution in [0.25, 0.3) is 0 Å². The monoisotopic (exact) mass is 121 g/mol. The van der Waals surface area contributed by atoms with Crippen LogP contribution in [-0.4, -0.2) is 15.3 Å². The molecule has 0 spiro atoms. The van der Waals surface area contributed by atoms with E-state index in [1.807, 2.05) is 0 Å². The Kier molecular flexibility index (Phi) is 1.83. The van der Waals surface area contributed by atoms with Gasteiger partial charge in [0.25, 0.3) is 0 Å². The van der Waals surface area contributed by atoms with E-state index in [-0.39, 0.29) is 5.25 Å². The van der Waals surface area contributed by atoms with Gasteiger partial charge in [0.05, 0.1) is 0 Å². The Morgan fingerprint density at radius 1 is 1.71 bits per heavy atom. The molecule has 3 heteroatoms. The van der Waals surface area contributed by atoms with Crippen LogP contribution in [0.5, 0.6) is 0 Å².